The molecule has 0 radical (unpaired) electrons. The highest BCUT2D eigenvalue weighted by Gasteiger charge is 2.21. The number of para-hydroxylation sites is 1. The molecular formula is C18H17N3O3S. The SMILES string of the molecule is O=C(CCC1CCC(=O)N1)Nc1ccc(-c2nc3ccccc3s2)o1. The van der Waals surface area contributed by atoms with Gasteiger partial charge in [0, 0.05) is 24.9 Å². The third kappa shape index (κ3) is 3.56. The second-order valence-corrected chi connectivity index (χ2v) is 7.07. The van der Waals surface area contributed by atoms with Crippen molar-refractivity contribution in [3.8, 4) is 10.8 Å². The normalized spacial score (nSPS) is 17.0. The molecule has 2 aromatic heterocycles. The number of fused-ring (bicyclic) bond motifs is 1. The maximum atomic E-state index is 12.0. The summed E-state index contributed by atoms with van der Waals surface area (Å²) in [4.78, 5) is 27.7. The molecule has 2 N–H and O–H groups in total. The van der Waals surface area contributed by atoms with E-state index in [1.54, 1.807) is 17.4 Å². The number of nitrogens with one attached hydrogen (secondary N) is 2. The van der Waals surface area contributed by atoms with Crippen LogP contribution in [-0.2, 0) is 9.59 Å². The molecule has 1 saturated heterocycles. The van der Waals surface area contributed by atoms with Gasteiger partial charge in [-0.1, -0.05) is 12.1 Å². The first kappa shape index (κ1) is 15.8. The molecule has 1 fully saturated rings. The Morgan fingerprint density at radius 2 is 2.20 bits per heavy atom. The summed E-state index contributed by atoms with van der Waals surface area (Å²) < 4.78 is 6.80. The molecule has 1 unspecified atom stereocenters. The molecule has 6 nitrogen and oxygen atoms in total. The van der Waals surface area contributed by atoms with Gasteiger partial charge in [-0.05, 0) is 31.0 Å². The molecule has 1 atom stereocenters. The van der Waals surface area contributed by atoms with E-state index in [9.17, 15) is 9.59 Å². The van der Waals surface area contributed by atoms with E-state index in [-0.39, 0.29) is 17.9 Å². The van der Waals surface area contributed by atoms with Crippen molar-refractivity contribution in [2.24, 2.45) is 0 Å². The summed E-state index contributed by atoms with van der Waals surface area (Å²) in [6.07, 6.45) is 2.34. The average Bonchev–Trinajstić information content (AvgIpc) is 3.31. The van der Waals surface area contributed by atoms with E-state index in [4.69, 9.17) is 4.42 Å². The van der Waals surface area contributed by atoms with Crippen LogP contribution in [0.15, 0.2) is 40.8 Å². The maximum absolute atomic E-state index is 12.0. The fraction of sp³-hybridized carbons (Fsp3) is 0.278. The number of rotatable bonds is 5. The van der Waals surface area contributed by atoms with E-state index < -0.39 is 0 Å². The Labute approximate surface area is 148 Å². The molecule has 1 aromatic carbocycles. The van der Waals surface area contributed by atoms with Crippen LogP contribution in [0.25, 0.3) is 21.0 Å². The van der Waals surface area contributed by atoms with Crippen molar-refractivity contribution in [3.63, 3.8) is 0 Å². The van der Waals surface area contributed by atoms with Crippen molar-refractivity contribution < 1.29 is 14.0 Å². The predicted octanol–water partition coefficient (Wildman–Crippen LogP) is 3.55. The standard InChI is InChI=1S/C18H17N3O3S/c22-15-8-5-11(19-15)6-9-16(23)21-17-10-7-13(24-17)18-20-12-3-1-2-4-14(12)25-18/h1-4,7,10-11H,5-6,8-9H2,(H,19,22)(H,21,23). The van der Waals surface area contributed by atoms with Crippen LogP contribution >= 0.6 is 11.3 Å². The molecule has 25 heavy (non-hydrogen) atoms. The van der Waals surface area contributed by atoms with Crippen molar-refractivity contribution >= 4 is 39.3 Å². The number of benzene rings is 1. The van der Waals surface area contributed by atoms with Gasteiger partial charge in [-0.25, -0.2) is 4.98 Å². The third-order valence-electron chi connectivity index (χ3n) is 4.18. The van der Waals surface area contributed by atoms with Crippen LogP contribution in [0.2, 0.25) is 0 Å². The van der Waals surface area contributed by atoms with Crippen LogP contribution in [-0.4, -0.2) is 22.8 Å². The first-order valence-corrected chi connectivity index (χ1v) is 9.04. The zero-order valence-corrected chi connectivity index (χ0v) is 14.3. The summed E-state index contributed by atoms with van der Waals surface area (Å²) in [5.41, 5.74) is 0.933. The molecular weight excluding hydrogens is 338 g/mol. The Bertz CT molecular complexity index is 897. The number of thiazole rings is 1. The van der Waals surface area contributed by atoms with Crippen molar-refractivity contribution in [1.29, 1.82) is 0 Å². The van der Waals surface area contributed by atoms with Gasteiger partial charge in [-0.3, -0.25) is 14.9 Å². The topological polar surface area (TPSA) is 84.2 Å². The summed E-state index contributed by atoms with van der Waals surface area (Å²) in [5, 5.41) is 6.41. The molecule has 1 aliphatic heterocycles. The quantitative estimate of drug-likeness (QED) is 0.733. The Morgan fingerprint density at radius 1 is 1.32 bits per heavy atom. The van der Waals surface area contributed by atoms with Gasteiger partial charge in [0.05, 0.1) is 10.2 Å². The lowest BCUT2D eigenvalue weighted by atomic mass is 10.1. The minimum atomic E-state index is -0.119. The first-order valence-electron chi connectivity index (χ1n) is 8.22. The minimum absolute atomic E-state index is 0.0666. The summed E-state index contributed by atoms with van der Waals surface area (Å²) >= 11 is 1.55. The van der Waals surface area contributed by atoms with Gasteiger partial charge in [0.15, 0.2) is 16.7 Å². The molecule has 0 bridgehead atoms. The average molecular weight is 355 g/mol. The molecule has 2 amide bonds. The molecule has 0 spiro atoms. The lowest BCUT2D eigenvalue weighted by Gasteiger charge is -2.08. The number of hydrogen-bond acceptors (Lipinski definition) is 5. The fourth-order valence-corrected chi connectivity index (χ4v) is 3.82. The zero-order chi connectivity index (χ0) is 17.2. The number of furan rings is 1. The number of hydrogen-bond donors (Lipinski definition) is 2. The largest absolute Gasteiger partial charge is 0.438 e. The molecule has 0 aliphatic carbocycles. The zero-order valence-electron chi connectivity index (χ0n) is 13.5. The van der Waals surface area contributed by atoms with Crippen molar-refractivity contribution in [2.75, 3.05) is 5.32 Å². The second kappa shape index (κ2) is 6.68. The molecule has 3 heterocycles. The molecule has 1 aliphatic rings. The highest BCUT2D eigenvalue weighted by molar-refractivity contribution is 7.21. The number of carbonyl (C=O) groups is 2. The van der Waals surface area contributed by atoms with E-state index in [0.717, 1.165) is 21.6 Å². The second-order valence-electron chi connectivity index (χ2n) is 6.04. The van der Waals surface area contributed by atoms with E-state index in [0.29, 0.717) is 30.9 Å². The molecule has 3 aromatic rings. The number of amides is 2. The van der Waals surface area contributed by atoms with Crippen molar-refractivity contribution in [2.45, 2.75) is 31.7 Å². The van der Waals surface area contributed by atoms with Gasteiger partial charge in [0.1, 0.15) is 0 Å². The van der Waals surface area contributed by atoms with Crippen LogP contribution in [0.4, 0.5) is 5.88 Å². The highest BCUT2D eigenvalue weighted by atomic mass is 32.1. The van der Waals surface area contributed by atoms with Crippen LogP contribution in [0.5, 0.6) is 0 Å². The Morgan fingerprint density at radius 3 is 3.00 bits per heavy atom. The summed E-state index contributed by atoms with van der Waals surface area (Å²) in [5.74, 6) is 0.998. The van der Waals surface area contributed by atoms with Gasteiger partial charge < -0.3 is 9.73 Å². The van der Waals surface area contributed by atoms with Gasteiger partial charge in [-0.2, -0.15) is 0 Å². The number of nitrogens with zero attached hydrogens (tertiary/aromatic N) is 1. The van der Waals surface area contributed by atoms with Crippen LogP contribution in [0.3, 0.4) is 0 Å². The number of aromatic nitrogens is 1. The van der Waals surface area contributed by atoms with E-state index >= 15 is 0 Å². The van der Waals surface area contributed by atoms with Crippen LogP contribution < -0.4 is 10.6 Å². The monoisotopic (exact) mass is 355 g/mol. The van der Waals surface area contributed by atoms with Gasteiger partial charge in [0.2, 0.25) is 11.8 Å². The Kier molecular flexibility index (Phi) is 4.23. The molecule has 128 valence electrons. The van der Waals surface area contributed by atoms with Crippen LogP contribution in [0.1, 0.15) is 25.7 Å². The summed E-state index contributed by atoms with van der Waals surface area (Å²) in [7, 11) is 0. The van der Waals surface area contributed by atoms with Gasteiger partial charge >= 0.3 is 0 Å². The lowest BCUT2D eigenvalue weighted by Crippen LogP contribution is -2.26. The Hall–Kier alpha value is -2.67. The minimum Gasteiger partial charge on any atom is -0.438 e. The Balaban J connectivity index is 1.37. The maximum Gasteiger partial charge on any atom is 0.226 e. The third-order valence-corrected chi connectivity index (χ3v) is 5.23. The molecule has 7 heteroatoms. The van der Waals surface area contributed by atoms with E-state index in [2.05, 4.69) is 15.6 Å². The molecule has 4 rings (SSSR count). The lowest BCUT2D eigenvalue weighted by molar-refractivity contribution is -0.120. The highest BCUT2D eigenvalue weighted by Crippen LogP contribution is 2.32. The summed E-state index contributed by atoms with van der Waals surface area (Å²) in [6.45, 7) is 0. The van der Waals surface area contributed by atoms with Crippen molar-refractivity contribution in [1.82, 2.24) is 10.3 Å². The fourth-order valence-electron chi connectivity index (χ4n) is 2.90. The molecule has 0 saturated carbocycles. The predicted molar refractivity (Wildman–Crippen MR) is 96.4 cm³/mol. The first-order chi connectivity index (χ1) is 12.2. The smallest absolute Gasteiger partial charge is 0.226 e. The van der Waals surface area contributed by atoms with E-state index in [1.807, 2.05) is 30.3 Å². The van der Waals surface area contributed by atoms with Crippen LogP contribution in [0, 0.1) is 0 Å². The number of anilines is 1. The van der Waals surface area contributed by atoms with Gasteiger partial charge in [-0.15, -0.1) is 11.3 Å². The van der Waals surface area contributed by atoms with Gasteiger partial charge in [0.25, 0.3) is 0 Å². The van der Waals surface area contributed by atoms with Crippen molar-refractivity contribution in [3.05, 3.63) is 36.4 Å². The number of carbonyl (C=O) groups excluding carboxylic acids is 2. The summed E-state index contributed by atoms with van der Waals surface area (Å²) in [6, 6.07) is 11.6. The van der Waals surface area contributed by atoms with E-state index in [1.165, 1.54) is 0 Å².